The van der Waals surface area contributed by atoms with Gasteiger partial charge in [0.1, 0.15) is 0 Å². The molecule has 0 unspecified atom stereocenters. The van der Waals surface area contributed by atoms with Crippen LogP contribution < -0.4 is 0 Å². The van der Waals surface area contributed by atoms with Gasteiger partial charge < -0.3 is 13.1 Å². The zero-order valence-electron chi connectivity index (χ0n) is 4.89. The van der Waals surface area contributed by atoms with Gasteiger partial charge in [0.05, 0.1) is 0 Å². The van der Waals surface area contributed by atoms with Crippen LogP contribution in [-0.4, -0.2) is 54.1 Å². The van der Waals surface area contributed by atoms with Gasteiger partial charge in [-0.25, -0.2) is 4.79 Å². The minimum absolute atomic E-state index is 0. The average molecular weight is 159 g/mol. The summed E-state index contributed by atoms with van der Waals surface area (Å²) in [6.45, 7) is 0. The van der Waals surface area contributed by atoms with E-state index in [1.54, 1.807) is 0 Å². The van der Waals surface area contributed by atoms with Crippen LogP contribution in [-0.2, 0) is 17.1 Å². The molecule has 0 rings (SSSR count). The van der Waals surface area contributed by atoms with Crippen molar-refractivity contribution in [3.63, 3.8) is 0 Å². The number of hydrogen-bond acceptors (Lipinski definition) is 1. The fourth-order valence-electron chi connectivity index (χ4n) is 0. The molecule has 0 aromatic carbocycles. The van der Waals surface area contributed by atoms with E-state index in [1.165, 1.54) is 0 Å². The maximum Gasteiger partial charge on any atom is 2.00 e. The van der Waals surface area contributed by atoms with Gasteiger partial charge in [0.2, 0.25) is 0 Å². The van der Waals surface area contributed by atoms with Gasteiger partial charge in [0.25, 0.3) is 0 Å². The number of rotatable bonds is 0. The second kappa shape index (κ2) is 9.41. The molecule has 1 radical (unpaired) electrons. The molecule has 0 heterocycles. The molecule has 0 aromatic rings. The monoisotopic (exact) mass is 159 g/mol. The number of carbonyl (C=O) groups is 1. The van der Waals surface area contributed by atoms with Crippen molar-refractivity contribution in [1.82, 2.24) is 0 Å². The van der Waals surface area contributed by atoms with E-state index in [2.05, 4.69) is 0 Å². The molecule has 35 valence electrons. The summed E-state index contributed by atoms with van der Waals surface area (Å²) in [7, 11) is 0. The van der Waals surface area contributed by atoms with Crippen LogP contribution in [0.15, 0.2) is 0 Å². The summed E-state index contributed by atoms with van der Waals surface area (Å²) >= 11 is 0. The van der Waals surface area contributed by atoms with Crippen LogP contribution >= 0.6 is 0 Å². The Labute approximate surface area is 78.2 Å². The molecule has 0 bridgehead atoms. The second-order valence-electron chi connectivity index (χ2n) is 0.283. The molecule has 0 amide bonds. The molecule has 0 saturated carbocycles. The Bertz CT molecular complexity index is 40.3. The molecule has 0 aliphatic carbocycles. The van der Waals surface area contributed by atoms with Crippen LogP contribution in [0.2, 0.25) is 0 Å². The molecular weight excluding hydrogens is 155 g/mol. The fraction of sp³-hybridized carbons (Fsp3) is 0. The Morgan fingerprint density at radius 2 is 1.50 bits per heavy atom. The maximum atomic E-state index is 8.56. The third-order valence-electron chi connectivity index (χ3n) is 0. The molecule has 0 aliphatic heterocycles. The van der Waals surface area contributed by atoms with E-state index in [1.807, 2.05) is 0 Å². The summed E-state index contributed by atoms with van der Waals surface area (Å²) in [5, 5.41) is 13.9. The summed E-state index contributed by atoms with van der Waals surface area (Å²) in [5.41, 5.74) is 0. The second-order valence-corrected chi connectivity index (χ2v) is 0.283. The van der Waals surface area contributed by atoms with Crippen molar-refractivity contribution in [1.29, 1.82) is 0 Å². The maximum absolute atomic E-state index is 8.56. The molecule has 0 spiro atoms. The normalized spacial score (nSPS) is 4.00. The van der Waals surface area contributed by atoms with Crippen molar-refractivity contribution in [2.24, 2.45) is 0 Å². The molecule has 0 atom stereocenters. The van der Waals surface area contributed by atoms with Gasteiger partial charge in [0.15, 0.2) is 0 Å². The van der Waals surface area contributed by atoms with Gasteiger partial charge in [-0.2, -0.15) is 0 Å². The van der Waals surface area contributed by atoms with Crippen molar-refractivity contribution >= 4 is 43.9 Å². The Morgan fingerprint density at radius 1 is 1.50 bits per heavy atom. The van der Waals surface area contributed by atoms with Crippen LogP contribution in [0.1, 0.15) is 2.85 Å². The Kier molecular flexibility index (Phi) is 24.7. The van der Waals surface area contributed by atoms with Crippen LogP contribution in [0, 0.1) is 0 Å². The molecule has 0 aliphatic rings. The van der Waals surface area contributed by atoms with Gasteiger partial charge in [-0.15, -0.1) is 0 Å². The smallest absolute Gasteiger partial charge is 1.00 e. The van der Waals surface area contributed by atoms with Crippen LogP contribution in [0.25, 0.3) is 0 Å². The minimum Gasteiger partial charge on any atom is -1.00 e. The predicted octanol–water partition coefficient (Wildman–Crippen LogP) is 0.0641. The topological polar surface area (TPSA) is 57.5 Å². The minimum atomic E-state index is -1.83. The quantitative estimate of drug-likeness (QED) is 0.491. The largest absolute Gasteiger partial charge is 2.00 e. The summed E-state index contributed by atoms with van der Waals surface area (Å²) in [4.78, 5) is 8.56. The van der Waals surface area contributed by atoms with Gasteiger partial charge in [-0.1, -0.05) is 0 Å². The van der Waals surface area contributed by atoms with Crippen molar-refractivity contribution in [2.75, 3.05) is 0 Å². The van der Waals surface area contributed by atoms with Crippen molar-refractivity contribution in [3.8, 4) is 0 Å². The van der Waals surface area contributed by atoms with Gasteiger partial charge in [-0.05, 0) is 0 Å². The predicted molar refractivity (Wildman–Crippen MR) is 18.6 cm³/mol. The molecule has 6 heavy (non-hydrogen) atoms. The van der Waals surface area contributed by atoms with E-state index in [0.29, 0.717) is 0 Å². The summed E-state index contributed by atoms with van der Waals surface area (Å²) in [5.74, 6) is 0. The number of carboxylic acid groups (broad SMARTS) is 2. The van der Waals surface area contributed by atoms with Gasteiger partial charge in [0, 0.05) is 17.1 Å². The van der Waals surface area contributed by atoms with E-state index in [-0.39, 0.29) is 57.7 Å². The summed E-state index contributed by atoms with van der Waals surface area (Å²) in [6, 6.07) is 0. The zero-order valence-corrected chi connectivity index (χ0v) is 6.28. The average Bonchev–Trinajstić information content (AvgIpc) is 0.811. The third-order valence-corrected chi connectivity index (χ3v) is 0. The van der Waals surface area contributed by atoms with E-state index in [4.69, 9.17) is 15.0 Å². The molecular formula is CH4CaMnO3. The molecule has 0 aromatic heterocycles. The first-order chi connectivity index (χ1) is 1.73. The van der Waals surface area contributed by atoms with E-state index >= 15 is 0 Å². The van der Waals surface area contributed by atoms with Crippen molar-refractivity contribution in [2.45, 2.75) is 0 Å². The molecule has 2 N–H and O–H groups in total. The van der Waals surface area contributed by atoms with Crippen molar-refractivity contribution < 1.29 is 34.9 Å². The zero-order chi connectivity index (χ0) is 3.58. The summed E-state index contributed by atoms with van der Waals surface area (Å²) < 4.78 is 0. The first-order valence-corrected chi connectivity index (χ1v) is 0.651. The fourth-order valence-corrected chi connectivity index (χ4v) is 0. The molecule has 0 fully saturated rings. The standard InChI is InChI=1S/CH2O3.Ca.Mn.2H/c2-1(3)4;;;;/h(H2,2,3,4);;;;/q;+2;;2*-1. The van der Waals surface area contributed by atoms with Crippen molar-refractivity contribution in [3.05, 3.63) is 0 Å². The van der Waals surface area contributed by atoms with Gasteiger partial charge in [-0.3, -0.25) is 0 Å². The first-order valence-electron chi connectivity index (χ1n) is 0.651. The Hall–Kier alpha value is 1.05. The van der Waals surface area contributed by atoms with Crippen LogP contribution in [0.4, 0.5) is 4.79 Å². The Morgan fingerprint density at radius 3 is 1.50 bits per heavy atom. The number of hydrogen-bond donors (Lipinski definition) is 2. The Balaban J connectivity index is -0.00000000750. The molecule has 5 heteroatoms. The van der Waals surface area contributed by atoms with Crippen LogP contribution in [0.3, 0.4) is 0 Å². The SMILES string of the molecule is O=C(O)O.[Ca+2].[H-].[H-].[Mn]. The summed E-state index contributed by atoms with van der Waals surface area (Å²) in [6.07, 6.45) is -1.83. The third kappa shape index (κ3) is 75.2. The van der Waals surface area contributed by atoms with E-state index in [9.17, 15) is 0 Å². The van der Waals surface area contributed by atoms with E-state index in [0.717, 1.165) is 0 Å². The molecule has 0 saturated heterocycles. The van der Waals surface area contributed by atoms with Gasteiger partial charge >= 0.3 is 43.9 Å². The van der Waals surface area contributed by atoms with Crippen LogP contribution in [0.5, 0.6) is 0 Å². The first kappa shape index (κ1) is 15.7. The van der Waals surface area contributed by atoms with E-state index < -0.39 is 6.16 Å². The molecule has 3 nitrogen and oxygen atoms in total.